The number of hydrogen-bond acceptors (Lipinski definition) is 5. The fourth-order valence-corrected chi connectivity index (χ4v) is 1.88. The van der Waals surface area contributed by atoms with E-state index < -0.39 is 6.04 Å². The third-order valence-corrected chi connectivity index (χ3v) is 2.70. The largest absolute Gasteiger partial charge is 0.358 e. The van der Waals surface area contributed by atoms with Crippen molar-refractivity contribution >= 4 is 29.2 Å². The van der Waals surface area contributed by atoms with Crippen molar-refractivity contribution in [3.05, 3.63) is 17.0 Å². The first-order valence-electron chi connectivity index (χ1n) is 5.05. The molecule has 1 N–H and O–H groups in total. The molecular weight excluding hydrogens is 244 g/mol. The SMILES string of the molecule is Cc1cc(NC2CC(=O)N(C)C2=O)nc(Cl)n1. The lowest BCUT2D eigenvalue weighted by Crippen LogP contribution is -2.32. The van der Waals surface area contributed by atoms with E-state index in [9.17, 15) is 9.59 Å². The number of anilines is 1. The van der Waals surface area contributed by atoms with E-state index in [4.69, 9.17) is 11.6 Å². The lowest BCUT2D eigenvalue weighted by atomic mass is 10.2. The number of aromatic nitrogens is 2. The smallest absolute Gasteiger partial charge is 0.251 e. The molecule has 0 bridgehead atoms. The van der Waals surface area contributed by atoms with Crippen LogP contribution in [0.5, 0.6) is 0 Å². The molecule has 0 aliphatic carbocycles. The van der Waals surface area contributed by atoms with E-state index in [0.29, 0.717) is 11.5 Å². The molecule has 6 nitrogen and oxygen atoms in total. The Labute approximate surface area is 103 Å². The predicted molar refractivity (Wildman–Crippen MR) is 61.6 cm³/mol. The minimum absolute atomic E-state index is 0.109. The Morgan fingerprint density at radius 1 is 1.47 bits per heavy atom. The number of imide groups is 1. The highest BCUT2D eigenvalue weighted by molar-refractivity contribution is 6.28. The molecule has 1 unspecified atom stereocenters. The number of hydrogen-bond donors (Lipinski definition) is 1. The zero-order valence-corrected chi connectivity index (χ0v) is 10.2. The second kappa shape index (κ2) is 4.29. The summed E-state index contributed by atoms with van der Waals surface area (Å²) in [6, 6.07) is 1.10. The number of carbonyl (C=O) groups excluding carboxylic acids is 2. The van der Waals surface area contributed by atoms with Crippen LogP contribution in [-0.4, -0.2) is 39.8 Å². The Morgan fingerprint density at radius 3 is 2.71 bits per heavy atom. The summed E-state index contributed by atoms with van der Waals surface area (Å²) in [4.78, 5) is 31.9. The quantitative estimate of drug-likeness (QED) is 0.618. The minimum atomic E-state index is -0.571. The van der Waals surface area contributed by atoms with Crippen LogP contribution >= 0.6 is 11.6 Å². The van der Waals surface area contributed by atoms with Gasteiger partial charge in [0.2, 0.25) is 11.2 Å². The van der Waals surface area contributed by atoms with Gasteiger partial charge in [0.1, 0.15) is 11.9 Å². The normalized spacial score (nSPS) is 19.9. The number of nitrogens with one attached hydrogen (secondary N) is 1. The highest BCUT2D eigenvalue weighted by Crippen LogP contribution is 2.17. The van der Waals surface area contributed by atoms with Crippen molar-refractivity contribution in [2.24, 2.45) is 0 Å². The molecule has 0 saturated carbocycles. The number of carbonyl (C=O) groups is 2. The number of likely N-dealkylation sites (N-methyl/N-ethyl adjacent to an activating group) is 1. The predicted octanol–water partition coefficient (Wildman–Crippen LogP) is 0.608. The van der Waals surface area contributed by atoms with E-state index in [2.05, 4.69) is 15.3 Å². The summed E-state index contributed by atoms with van der Waals surface area (Å²) in [6.45, 7) is 1.77. The second-order valence-corrected chi connectivity index (χ2v) is 4.19. The van der Waals surface area contributed by atoms with Crippen molar-refractivity contribution in [1.82, 2.24) is 14.9 Å². The first kappa shape index (κ1) is 11.8. The van der Waals surface area contributed by atoms with Gasteiger partial charge in [-0.2, -0.15) is 0 Å². The van der Waals surface area contributed by atoms with Crippen molar-refractivity contribution < 1.29 is 9.59 Å². The molecule has 17 heavy (non-hydrogen) atoms. The van der Waals surface area contributed by atoms with Crippen molar-refractivity contribution in [3.63, 3.8) is 0 Å². The Kier molecular flexibility index (Phi) is 2.97. The maximum Gasteiger partial charge on any atom is 0.251 e. The van der Waals surface area contributed by atoms with E-state index in [0.717, 1.165) is 4.90 Å². The highest BCUT2D eigenvalue weighted by atomic mass is 35.5. The van der Waals surface area contributed by atoms with Crippen LogP contribution in [0.25, 0.3) is 0 Å². The summed E-state index contributed by atoms with van der Waals surface area (Å²) < 4.78 is 0. The minimum Gasteiger partial charge on any atom is -0.358 e. The zero-order valence-electron chi connectivity index (χ0n) is 9.40. The fraction of sp³-hybridized carbons (Fsp3) is 0.400. The maximum atomic E-state index is 11.7. The average Bonchev–Trinajstić information content (AvgIpc) is 2.45. The lowest BCUT2D eigenvalue weighted by Gasteiger charge is -2.11. The van der Waals surface area contributed by atoms with Crippen LogP contribution in [0.2, 0.25) is 5.28 Å². The standard InChI is InChI=1S/C10H11ClN4O2/c1-5-3-7(14-10(11)12-5)13-6-4-8(16)15(2)9(6)17/h3,6H,4H2,1-2H3,(H,12,13,14). The van der Waals surface area contributed by atoms with Crippen LogP contribution in [0.1, 0.15) is 12.1 Å². The molecule has 1 aliphatic rings. The van der Waals surface area contributed by atoms with Gasteiger partial charge in [0.05, 0.1) is 6.42 Å². The van der Waals surface area contributed by atoms with Crippen molar-refractivity contribution in [3.8, 4) is 0 Å². The number of halogens is 1. The van der Waals surface area contributed by atoms with Gasteiger partial charge in [0.15, 0.2) is 0 Å². The molecule has 0 aromatic carbocycles. The third-order valence-electron chi connectivity index (χ3n) is 2.53. The van der Waals surface area contributed by atoms with Gasteiger partial charge < -0.3 is 5.32 Å². The first-order chi connectivity index (χ1) is 7.97. The number of nitrogens with zero attached hydrogens (tertiary/aromatic N) is 3. The number of amides is 2. The monoisotopic (exact) mass is 254 g/mol. The zero-order chi connectivity index (χ0) is 12.6. The Balaban J connectivity index is 2.16. The number of likely N-dealkylation sites (tertiary alicyclic amines) is 1. The summed E-state index contributed by atoms with van der Waals surface area (Å²) >= 11 is 5.70. The molecule has 2 heterocycles. The summed E-state index contributed by atoms with van der Waals surface area (Å²) in [6.07, 6.45) is 0.135. The van der Waals surface area contributed by atoms with Crippen molar-refractivity contribution in [2.45, 2.75) is 19.4 Å². The van der Waals surface area contributed by atoms with Crippen LogP contribution in [0, 0.1) is 6.92 Å². The van der Waals surface area contributed by atoms with Gasteiger partial charge in [-0.15, -0.1) is 0 Å². The van der Waals surface area contributed by atoms with Crippen LogP contribution < -0.4 is 5.32 Å². The van der Waals surface area contributed by atoms with Gasteiger partial charge in [-0.05, 0) is 18.5 Å². The Bertz CT molecular complexity index is 471. The molecule has 1 aromatic heterocycles. The van der Waals surface area contributed by atoms with Crippen LogP contribution in [-0.2, 0) is 9.59 Å². The van der Waals surface area contributed by atoms with E-state index in [-0.39, 0.29) is 23.5 Å². The summed E-state index contributed by atoms with van der Waals surface area (Å²) in [5, 5.41) is 2.99. The molecule has 7 heteroatoms. The van der Waals surface area contributed by atoms with Gasteiger partial charge >= 0.3 is 0 Å². The summed E-state index contributed by atoms with van der Waals surface area (Å²) in [7, 11) is 1.46. The molecule has 1 aromatic rings. The van der Waals surface area contributed by atoms with Gasteiger partial charge in [-0.25, -0.2) is 9.97 Å². The molecule has 1 aliphatic heterocycles. The summed E-state index contributed by atoms with van der Waals surface area (Å²) in [5.74, 6) is -0.0179. The summed E-state index contributed by atoms with van der Waals surface area (Å²) in [5.41, 5.74) is 0.692. The Morgan fingerprint density at radius 2 is 2.18 bits per heavy atom. The molecule has 1 fully saturated rings. The maximum absolute atomic E-state index is 11.7. The molecule has 1 saturated heterocycles. The van der Waals surface area contributed by atoms with Gasteiger partial charge in [0, 0.05) is 18.8 Å². The van der Waals surface area contributed by atoms with Gasteiger partial charge in [-0.1, -0.05) is 0 Å². The molecule has 1 atom stereocenters. The van der Waals surface area contributed by atoms with Crippen LogP contribution in [0.3, 0.4) is 0 Å². The Hall–Kier alpha value is -1.69. The molecular formula is C10H11ClN4O2. The fourth-order valence-electron chi connectivity index (χ4n) is 1.65. The van der Waals surface area contributed by atoms with E-state index in [1.807, 2.05) is 0 Å². The topological polar surface area (TPSA) is 75.2 Å². The number of rotatable bonds is 2. The second-order valence-electron chi connectivity index (χ2n) is 3.86. The lowest BCUT2D eigenvalue weighted by molar-refractivity contribution is -0.136. The molecule has 2 rings (SSSR count). The highest BCUT2D eigenvalue weighted by Gasteiger charge is 2.36. The third kappa shape index (κ3) is 2.36. The molecule has 2 amide bonds. The van der Waals surface area contributed by atoms with E-state index in [1.165, 1.54) is 7.05 Å². The van der Waals surface area contributed by atoms with E-state index >= 15 is 0 Å². The average molecular weight is 255 g/mol. The van der Waals surface area contributed by atoms with Gasteiger partial charge in [0.25, 0.3) is 5.91 Å². The van der Waals surface area contributed by atoms with Crippen molar-refractivity contribution in [1.29, 1.82) is 0 Å². The van der Waals surface area contributed by atoms with E-state index in [1.54, 1.807) is 13.0 Å². The number of aryl methyl sites for hydroxylation is 1. The molecule has 0 spiro atoms. The van der Waals surface area contributed by atoms with Crippen LogP contribution in [0.15, 0.2) is 6.07 Å². The van der Waals surface area contributed by atoms with Crippen molar-refractivity contribution in [2.75, 3.05) is 12.4 Å². The van der Waals surface area contributed by atoms with Gasteiger partial charge in [-0.3, -0.25) is 14.5 Å². The molecule has 0 radical (unpaired) electrons. The van der Waals surface area contributed by atoms with Crippen LogP contribution in [0.4, 0.5) is 5.82 Å². The first-order valence-corrected chi connectivity index (χ1v) is 5.43. The molecule has 90 valence electrons.